The van der Waals surface area contributed by atoms with E-state index in [1.54, 1.807) is 0 Å². The fourth-order valence-corrected chi connectivity index (χ4v) is 1.98. The Hall–Kier alpha value is -0.530. The summed E-state index contributed by atoms with van der Waals surface area (Å²) in [7, 11) is 0. The zero-order chi connectivity index (χ0) is 8.10. The van der Waals surface area contributed by atoms with Crippen LogP contribution in [0.15, 0.2) is 0 Å². The van der Waals surface area contributed by atoms with Crippen LogP contribution >= 0.6 is 0 Å². The maximum absolute atomic E-state index is 9.95. The summed E-state index contributed by atoms with van der Waals surface area (Å²) in [6, 6.07) is 0. The lowest BCUT2D eigenvalue weighted by Crippen LogP contribution is -2.17. The number of amides is 1. The minimum Gasteiger partial charge on any atom is -0.359 e. The van der Waals surface area contributed by atoms with Crippen molar-refractivity contribution in [3.63, 3.8) is 0 Å². The molecule has 1 rings (SSSR count). The molecule has 0 radical (unpaired) electrons. The molecule has 0 aromatic rings. The highest BCUT2D eigenvalue weighted by atomic mass is 16.1. The molecule has 1 saturated carbocycles. The molecule has 0 bridgehead atoms. The zero-order valence-electron chi connectivity index (χ0n) is 7.18. The predicted molar refractivity (Wildman–Crippen MR) is 45.2 cm³/mol. The Morgan fingerprint density at radius 2 is 2.36 bits per heavy atom. The average Bonchev–Trinajstić information content (AvgIpc) is 2.37. The Labute approximate surface area is 68.4 Å². The first-order valence-corrected chi connectivity index (χ1v) is 4.51. The molecule has 0 spiro atoms. The molecule has 2 unspecified atom stereocenters. The Morgan fingerprint density at radius 1 is 1.55 bits per heavy atom. The van der Waals surface area contributed by atoms with Crippen LogP contribution in [-0.4, -0.2) is 13.0 Å². The molecule has 1 fully saturated rings. The fourth-order valence-electron chi connectivity index (χ4n) is 1.98. The highest BCUT2D eigenvalue weighted by Gasteiger charge is 2.22. The van der Waals surface area contributed by atoms with Gasteiger partial charge in [-0.2, -0.15) is 0 Å². The average molecular weight is 155 g/mol. The van der Waals surface area contributed by atoms with Crippen LogP contribution in [0.2, 0.25) is 0 Å². The van der Waals surface area contributed by atoms with E-state index in [9.17, 15) is 4.79 Å². The number of nitrogens with one attached hydrogen (secondary N) is 1. The normalized spacial score (nSPS) is 30.3. The van der Waals surface area contributed by atoms with E-state index in [0.29, 0.717) is 0 Å². The van der Waals surface area contributed by atoms with E-state index >= 15 is 0 Å². The Kier molecular flexibility index (Phi) is 3.40. The van der Waals surface area contributed by atoms with E-state index in [2.05, 4.69) is 12.2 Å². The summed E-state index contributed by atoms with van der Waals surface area (Å²) in [5.74, 6) is 1.74. The first kappa shape index (κ1) is 8.57. The third kappa shape index (κ3) is 2.52. The summed E-state index contributed by atoms with van der Waals surface area (Å²) >= 11 is 0. The summed E-state index contributed by atoms with van der Waals surface area (Å²) in [6.07, 6.45) is 6.08. The minimum atomic E-state index is 0.791. The molecule has 0 aromatic heterocycles. The van der Waals surface area contributed by atoms with E-state index in [1.165, 1.54) is 25.7 Å². The summed E-state index contributed by atoms with van der Waals surface area (Å²) in [5.41, 5.74) is 0. The molecule has 64 valence electrons. The smallest absolute Gasteiger partial charge is 0.207 e. The lowest BCUT2D eigenvalue weighted by Gasteiger charge is -2.13. The molecular formula is C9H17NO. The van der Waals surface area contributed by atoms with Gasteiger partial charge in [-0.1, -0.05) is 26.2 Å². The van der Waals surface area contributed by atoms with Crippen LogP contribution in [0.4, 0.5) is 0 Å². The molecule has 1 aliphatic carbocycles. The molecule has 0 aliphatic heterocycles. The van der Waals surface area contributed by atoms with E-state index < -0.39 is 0 Å². The summed E-state index contributed by atoms with van der Waals surface area (Å²) in [4.78, 5) is 9.95. The van der Waals surface area contributed by atoms with Gasteiger partial charge < -0.3 is 5.32 Å². The molecule has 1 amide bonds. The van der Waals surface area contributed by atoms with Gasteiger partial charge in [0.2, 0.25) is 6.41 Å². The van der Waals surface area contributed by atoms with E-state index in [0.717, 1.165) is 24.8 Å². The molecule has 0 saturated heterocycles. The van der Waals surface area contributed by atoms with Gasteiger partial charge in [0.25, 0.3) is 0 Å². The minimum absolute atomic E-state index is 0.791. The van der Waals surface area contributed by atoms with Crippen molar-refractivity contribution in [1.82, 2.24) is 5.32 Å². The van der Waals surface area contributed by atoms with Crippen LogP contribution in [0.1, 0.15) is 32.6 Å². The van der Waals surface area contributed by atoms with E-state index in [-0.39, 0.29) is 0 Å². The van der Waals surface area contributed by atoms with Gasteiger partial charge in [-0.05, 0) is 18.3 Å². The number of carbonyl (C=O) groups excluding carboxylic acids is 1. The van der Waals surface area contributed by atoms with Gasteiger partial charge in [0.1, 0.15) is 0 Å². The molecule has 1 N–H and O–H groups in total. The summed E-state index contributed by atoms with van der Waals surface area (Å²) < 4.78 is 0. The van der Waals surface area contributed by atoms with Crippen LogP contribution in [-0.2, 0) is 4.79 Å². The largest absolute Gasteiger partial charge is 0.359 e. The second kappa shape index (κ2) is 4.37. The molecule has 2 atom stereocenters. The van der Waals surface area contributed by atoms with Crippen LogP contribution in [0, 0.1) is 11.8 Å². The lowest BCUT2D eigenvalue weighted by atomic mass is 9.95. The van der Waals surface area contributed by atoms with Gasteiger partial charge in [-0.25, -0.2) is 0 Å². The van der Waals surface area contributed by atoms with Gasteiger partial charge in [0.05, 0.1) is 0 Å². The molecule has 0 heterocycles. The van der Waals surface area contributed by atoms with Crippen molar-refractivity contribution in [1.29, 1.82) is 0 Å². The second-order valence-electron chi connectivity index (χ2n) is 3.53. The number of hydrogen-bond acceptors (Lipinski definition) is 1. The first-order valence-electron chi connectivity index (χ1n) is 4.51. The quantitative estimate of drug-likeness (QED) is 0.484. The van der Waals surface area contributed by atoms with Gasteiger partial charge in [-0.3, -0.25) is 4.79 Å². The van der Waals surface area contributed by atoms with Crippen molar-refractivity contribution >= 4 is 6.41 Å². The number of rotatable bonds is 4. The molecule has 1 aliphatic rings. The molecule has 2 nitrogen and oxygen atoms in total. The highest BCUT2D eigenvalue weighted by molar-refractivity contribution is 5.45. The van der Waals surface area contributed by atoms with E-state index in [4.69, 9.17) is 0 Å². The Balaban J connectivity index is 2.10. The molecular weight excluding hydrogens is 138 g/mol. The SMILES string of the molecule is CC1CCCC1CCNC=O. The Morgan fingerprint density at radius 3 is 2.91 bits per heavy atom. The monoisotopic (exact) mass is 155 g/mol. The van der Waals surface area contributed by atoms with Crippen molar-refractivity contribution in [2.75, 3.05) is 6.54 Å². The predicted octanol–water partition coefficient (Wildman–Crippen LogP) is 1.56. The Bertz CT molecular complexity index is 125. The standard InChI is InChI=1S/C9H17NO/c1-8-3-2-4-9(8)5-6-10-7-11/h7-9H,2-6H2,1H3,(H,10,11). The third-order valence-corrected chi connectivity index (χ3v) is 2.78. The molecule has 2 heteroatoms. The van der Waals surface area contributed by atoms with Gasteiger partial charge in [0, 0.05) is 6.54 Å². The summed E-state index contributed by atoms with van der Waals surface area (Å²) in [5, 5.41) is 2.72. The lowest BCUT2D eigenvalue weighted by molar-refractivity contribution is -0.109. The topological polar surface area (TPSA) is 29.1 Å². The van der Waals surface area contributed by atoms with Crippen molar-refractivity contribution in [2.24, 2.45) is 11.8 Å². The highest BCUT2D eigenvalue weighted by Crippen LogP contribution is 2.32. The van der Waals surface area contributed by atoms with Crippen LogP contribution in [0.3, 0.4) is 0 Å². The van der Waals surface area contributed by atoms with Crippen LogP contribution in [0.25, 0.3) is 0 Å². The van der Waals surface area contributed by atoms with Gasteiger partial charge in [0.15, 0.2) is 0 Å². The van der Waals surface area contributed by atoms with Crippen molar-refractivity contribution in [3.8, 4) is 0 Å². The number of carbonyl (C=O) groups is 1. The fraction of sp³-hybridized carbons (Fsp3) is 0.889. The van der Waals surface area contributed by atoms with Crippen LogP contribution in [0.5, 0.6) is 0 Å². The van der Waals surface area contributed by atoms with E-state index in [1.807, 2.05) is 0 Å². The van der Waals surface area contributed by atoms with Gasteiger partial charge >= 0.3 is 0 Å². The maximum Gasteiger partial charge on any atom is 0.207 e. The number of hydrogen-bond donors (Lipinski definition) is 1. The van der Waals surface area contributed by atoms with Gasteiger partial charge in [-0.15, -0.1) is 0 Å². The summed E-state index contributed by atoms with van der Waals surface area (Å²) in [6.45, 7) is 3.18. The van der Waals surface area contributed by atoms with Crippen LogP contribution < -0.4 is 5.32 Å². The first-order chi connectivity index (χ1) is 5.34. The maximum atomic E-state index is 9.95. The third-order valence-electron chi connectivity index (χ3n) is 2.78. The zero-order valence-corrected chi connectivity index (χ0v) is 7.18. The van der Waals surface area contributed by atoms with Crippen molar-refractivity contribution in [2.45, 2.75) is 32.6 Å². The molecule has 0 aromatic carbocycles. The van der Waals surface area contributed by atoms with Crippen molar-refractivity contribution < 1.29 is 4.79 Å². The van der Waals surface area contributed by atoms with Crippen molar-refractivity contribution in [3.05, 3.63) is 0 Å². The molecule has 11 heavy (non-hydrogen) atoms. The second-order valence-corrected chi connectivity index (χ2v) is 3.53.